The van der Waals surface area contributed by atoms with Crippen LogP contribution in [0.5, 0.6) is 0 Å². The number of carboxylic acids is 1. The lowest BCUT2D eigenvalue weighted by Gasteiger charge is -2.14. The molecule has 0 bridgehead atoms. The number of hydrogen-bond donors (Lipinski definition) is 3. The maximum absolute atomic E-state index is 12.2. The first-order valence-electron chi connectivity index (χ1n) is 13.4. The summed E-state index contributed by atoms with van der Waals surface area (Å²) in [5.41, 5.74) is 4.77. The first kappa shape index (κ1) is 30.1. The summed E-state index contributed by atoms with van der Waals surface area (Å²) in [6.45, 7) is 3.97. The van der Waals surface area contributed by atoms with Gasteiger partial charge in [0.25, 0.3) is 0 Å². The van der Waals surface area contributed by atoms with Gasteiger partial charge < -0.3 is 34.7 Å². The molecule has 1 aliphatic rings. The molecule has 0 radical (unpaired) electrons. The van der Waals surface area contributed by atoms with E-state index in [1.807, 2.05) is 24.3 Å². The first-order valence-corrected chi connectivity index (χ1v) is 13.4. The summed E-state index contributed by atoms with van der Waals surface area (Å²) in [6, 6.07) is 16.5. The van der Waals surface area contributed by atoms with Crippen molar-refractivity contribution in [2.24, 2.45) is 0 Å². The molecule has 0 atom stereocenters. The molecule has 0 unspecified atom stereocenters. The summed E-state index contributed by atoms with van der Waals surface area (Å²) in [4.78, 5) is 33.9. The zero-order chi connectivity index (χ0) is 27.7. The van der Waals surface area contributed by atoms with Gasteiger partial charge in [0, 0.05) is 38.6 Å². The van der Waals surface area contributed by atoms with Gasteiger partial charge in [-0.25, -0.2) is 4.79 Å². The average Bonchev–Trinajstić information content (AvgIpc) is 3.26. The molecule has 3 N–H and O–H groups in total. The highest BCUT2D eigenvalue weighted by molar-refractivity contribution is 5.80. The molecule has 10 nitrogen and oxygen atoms in total. The monoisotopic (exact) mass is 542 g/mol. The van der Waals surface area contributed by atoms with E-state index in [1.54, 1.807) is 0 Å². The SMILES string of the molecule is O=C(O)CCC(=O)NCCCOCCOCCOCCCNC(=O)OCC1c2ccccc2-c2ccccc21. The van der Waals surface area contributed by atoms with Gasteiger partial charge in [-0.1, -0.05) is 48.5 Å². The summed E-state index contributed by atoms with van der Waals surface area (Å²) in [5.74, 6) is -1.21. The Hall–Kier alpha value is -3.47. The summed E-state index contributed by atoms with van der Waals surface area (Å²) in [6.07, 6.45) is 0.704. The molecule has 0 spiro atoms. The molecule has 2 aromatic carbocycles. The topological polar surface area (TPSA) is 132 Å². The second-order valence-corrected chi connectivity index (χ2v) is 9.04. The number of fused-ring (bicyclic) bond motifs is 3. The van der Waals surface area contributed by atoms with Gasteiger partial charge in [-0.15, -0.1) is 0 Å². The maximum atomic E-state index is 12.2. The second-order valence-electron chi connectivity index (χ2n) is 9.04. The summed E-state index contributed by atoms with van der Waals surface area (Å²) in [7, 11) is 0. The van der Waals surface area contributed by atoms with E-state index in [0.717, 1.165) is 0 Å². The maximum Gasteiger partial charge on any atom is 0.407 e. The lowest BCUT2D eigenvalue weighted by molar-refractivity contribution is -0.138. The fraction of sp³-hybridized carbons (Fsp3) is 0.483. The molecule has 2 aromatic rings. The zero-order valence-electron chi connectivity index (χ0n) is 22.2. The van der Waals surface area contributed by atoms with E-state index in [-0.39, 0.29) is 24.7 Å². The molecule has 0 saturated carbocycles. The fourth-order valence-corrected chi connectivity index (χ4v) is 4.27. The molecule has 0 saturated heterocycles. The van der Waals surface area contributed by atoms with Crippen molar-refractivity contribution in [2.75, 3.05) is 59.3 Å². The number of carbonyl (C=O) groups is 3. The van der Waals surface area contributed by atoms with Crippen LogP contribution in [-0.2, 0) is 28.5 Å². The third-order valence-corrected chi connectivity index (χ3v) is 6.18. The molecule has 39 heavy (non-hydrogen) atoms. The van der Waals surface area contributed by atoms with Crippen molar-refractivity contribution in [3.63, 3.8) is 0 Å². The van der Waals surface area contributed by atoms with Crippen LogP contribution in [0.25, 0.3) is 11.1 Å². The number of ether oxygens (including phenoxy) is 4. The van der Waals surface area contributed by atoms with Crippen molar-refractivity contribution in [1.29, 1.82) is 0 Å². The molecule has 3 rings (SSSR count). The van der Waals surface area contributed by atoms with E-state index in [2.05, 4.69) is 34.9 Å². The first-order chi connectivity index (χ1) is 19.1. The third kappa shape index (κ3) is 10.7. The van der Waals surface area contributed by atoms with Crippen LogP contribution in [0.2, 0.25) is 0 Å². The highest BCUT2D eigenvalue weighted by atomic mass is 16.6. The third-order valence-electron chi connectivity index (χ3n) is 6.18. The molecule has 0 fully saturated rings. The molecule has 0 heterocycles. The largest absolute Gasteiger partial charge is 0.481 e. The molecular weight excluding hydrogens is 504 g/mol. The van der Waals surface area contributed by atoms with E-state index in [9.17, 15) is 14.4 Å². The zero-order valence-corrected chi connectivity index (χ0v) is 22.2. The van der Waals surface area contributed by atoms with E-state index in [1.165, 1.54) is 22.3 Å². The van der Waals surface area contributed by atoms with Crippen LogP contribution in [0.4, 0.5) is 4.79 Å². The van der Waals surface area contributed by atoms with E-state index in [4.69, 9.17) is 24.1 Å². The minimum absolute atomic E-state index is 0.0127. The van der Waals surface area contributed by atoms with Crippen molar-refractivity contribution >= 4 is 18.0 Å². The summed E-state index contributed by atoms with van der Waals surface area (Å²) < 4.78 is 21.9. The van der Waals surface area contributed by atoms with Crippen LogP contribution in [0, 0.1) is 0 Å². The molecular formula is C29H38N2O8. The standard InChI is InChI=1S/C29H38N2O8/c32-27(11-12-28(33)34)30-13-5-15-36-17-19-38-20-18-37-16-6-14-31-29(35)39-21-26-24-9-3-1-7-22(24)23-8-2-4-10-25(23)26/h1-4,7-10,26H,5-6,11-21H2,(H,30,32)(H,31,35)(H,33,34). The predicted molar refractivity (Wildman–Crippen MR) is 145 cm³/mol. The van der Waals surface area contributed by atoms with Crippen molar-refractivity contribution in [3.8, 4) is 11.1 Å². The van der Waals surface area contributed by atoms with E-state index < -0.39 is 12.1 Å². The quantitative estimate of drug-likeness (QED) is 0.230. The minimum atomic E-state index is -0.984. The van der Waals surface area contributed by atoms with Crippen LogP contribution in [0.3, 0.4) is 0 Å². The summed E-state index contributed by atoms with van der Waals surface area (Å²) in [5, 5.41) is 13.9. The molecule has 212 valence electrons. The number of benzene rings is 2. The van der Waals surface area contributed by atoms with Gasteiger partial charge in [0.1, 0.15) is 6.61 Å². The van der Waals surface area contributed by atoms with Gasteiger partial charge in [0.2, 0.25) is 5.91 Å². The van der Waals surface area contributed by atoms with Crippen LogP contribution < -0.4 is 10.6 Å². The number of carboxylic acid groups (broad SMARTS) is 1. The van der Waals surface area contributed by atoms with Crippen molar-refractivity contribution in [1.82, 2.24) is 10.6 Å². The number of hydrogen-bond acceptors (Lipinski definition) is 7. The highest BCUT2D eigenvalue weighted by Crippen LogP contribution is 2.44. The second kappa shape index (κ2) is 17.2. The number of alkyl carbamates (subject to hydrolysis) is 1. The van der Waals surface area contributed by atoms with Crippen molar-refractivity contribution in [3.05, 3.63) is 59.7 Å². The molecule has 0 aromatic heterocycles. The Morgan fingerprint density at radius 3 is 1.77 bits per heavy atom. The minimum Gasteiger partial charge on any atom is -0.481 e. The number of amides is 2. The normalized spacial score (nSPS) is 12.0. The van der Waals surface area contributed by atoms with Gasteiger partial charge in [-0.05, 0) is 35.1 Å². The van der Waals surface area contributed by atoms with Crippen molar-refractivity contribution in [2.45, 2.75) is 31.6 Å². The van der Waals surface area contributed by atoms with Gasteiger partial charge in [0.15, 0.2) is 0 Å². The van der Waals surface area contributed by atoms with Gasteiger partial charge >= 0.3 is 12.1 Å². The Kier molecular flexibility index (Phi) is 13.3. The van der Waals surface area contributed by atoms with Crippen LogP contribution in [0.15, 0.2) is 48.5 Å². The highest BCUT2D eigenvalue weighted by Gasteiger charge is 2.28. The smallest absolute Gasteiger partial charge is 0.407 e. The van der Waals surface area contributed by atoms with Crippen LogP contribution in [-0.4, -0.2) is 82.4 Å². The fourth-order valence-electron chi connectivity index (χ4n) is 4.27. The molecule has 2 amide bonds. The number of nitrogens with one attached hydrogen (secondary N) is 2. The van der Waals surface area contributed by atoms with Crippen LogP contribution in [0.1, 0.15) is 42.7 Å². The van der Waals surface area contributed by atoms with E-state index >= 15 is 0 Å². The number of rotatable bonds is 19. The molecule has 0 aliphatic heterocycles. The Morgan fingerprint density at radius 1 is 0.692 bits per heavy atom. The number of carbonyl (C=O) groups excluding carboxylic acids is 2. The van der Waals surface area contributed by atoms with E-state index in [0.29, 0.717) is 72.2 Å². The van der Waals surface area contributed by atoms with Crippen molar-refractivity contribution < 1.29 is 38.4 Å². The van der Waals surface area contributed by atoms with Gasteiger partial charge in [0.05, 0.1) is 32.8 Å². The van der Waals surface area contributed by atoms with Gasteiger partial charge in [-0.2, -0.15) is 0 Å². The Morgan fingerprint density at radius 2 is 1.21 bits per heavy atom. The molecule has 1 aliphatic carbocycles. The van der Waals surface area contributed by atoms with Gasteiger partial charge in [-0.3, -0.25) is 9.59 Å². The average molecular weight is 543 g/mol. The Labute approximate surface area is 229 Å². The number of aliphatic carboxylic acids is 1. The Balaban J connectivity index is 1.11. The lowest BCUT2D eigenvalue weighted by Crippen LogP contribution is -2.27. The van der Waals surface area contributed by atoms with Crippen LogP contribution >= 0.6 is 0 Å². The lowest BCUT2D eigenvalue weighted by atomic mass is 9.98. The Bertz CT molecular complexity index is 1020. The summed E-state index contributed by atoms with van der Waals surface area (Å²) >= 11 is 0. The predicted octanol–water partition coefficient (Wildman–Crippen LogP) is 3.34. The molecule has 10 heteroatoms.